The van der Waals surface area contributed by atoms with Gasteiger partial charge in [-0.1, -0.05) is 6.07 Å². The van der Waals surface area contributed by atoms with Crippen molar-refractivity contribution in [1.82, 2.24) is 0 Å². The first kappa shape index (κ1) is 17.0. The maximum absolute atomic E-state index is 12.5. The summed E-state index contributed by atoms with van der Waals surface area (Å²) in [6.45, 7) is 3.40. The van der Waals surface area contributed by atoms with Crippen molar-refractivity contribution < 1.29 is 17.4 Å². The fraction of sp³-hybridized carbons (Fsp3) is 0.222. The number of nitrogens with zero attached hydrogens (tertiary/aromatic N) is 2. The summed E-state index contributed by atoms with van der Waals surface area (Å²) in [6, 6.07) is 12.5. The van der Waals surface area contributed by atoms with Crippen molar-refractivity contribution in [2.45, 2.75) is 31.2 Å². The molecule has 0 aromatic heterocycles. The molecule has 0 radical (unpaired) electrons. The van der Waals surface area contributed by atoms with Gasteiger partial charge in [0.1, 0.15) is 10.6 Å². The first-order chi connectivity index (χ1) is 11.8. The molecule has 1 aliphatic heterocycles. The molecule has 0 aliphatic carbocycles. The maximum Gasteiger partial charge on any atom is 0.339 e. The minimum absolute atomic E-state index is 0.0151. The van der Waals surface area contributed by atoms with E-state index >= 15 is 0 Å². The van der Waals surface area contributed by atoms with Crippen LogP contribution in [0.1, 0.15) is 25.0 Å². The van der Waals surface area contributed by atoms with Crippen LogP contribution in [-0.4, -0.2) is 20.4 Å². The van der Waals surface area contributed by atoms with E-state index in [2.05, 4.69) is 0 Å². The van der Waals surface area contributed by atoms with E-state index in [9.17, 15) is 13.2 Å². The highest BCUT2D eigenvalue weighted by atomic mass is 32.2. The molecule has 3 rings (SSSR count). The van der Waals surface area contributed by atoms with Gasteiger partial charge in [0.05, 0.1) is 11.6 Å². The molecule has 0 unspecified atom stereocenters. The van der Waals surface area contributed by atoms with Crippen LogP contribution >= 0.6 is 0 Å². The minimum atomic E-state index is -4.03. The summed E-state index contributed by atoms with van der Waals surface area (Å²) in [6.07, 6.45) is 0.586. The van der Waals surface area contributed by atoms with E-state index in [0.29, 0.717) is 12.0 Å². The Morgan fingerprint density at radius 3 is 2.72 bits per heavy atom. The van der Waals surface area contributed by atoms with Gasteiger partial charge in [-0.25, -0.2) is 0 Å². The average molecular weight is 356 g/mol. The zero-order valence-corrected chi connectivity index (χ0v) is 14.6. The third kappa shape index (κ3) is 3.21. The van der Waals surface area contributed by atoms with Gasteiger partial charge in [-0.2, -0.15) is 13.7 Å². The molecule has 0 bridgehead atoms. The summed E-state index contributed by atoms with van der Waals surface area (Å²) in [5.41, 5.74) is 1.83. The Bertz CT molecular complexity index is 992. The van der Waals surface area contributed by atoms with Crippen molar-refractivity contribution in [2.75, 3.05) is 4.90 Å². The van der Waals surface area contributed by atoms with Crippen LogP contribution in [0.5, 0.6) is 5.75 Å². The van der Waals surface area contributed by atoms with Gasteiger partial charge in [0.2, 0.25) is 5.91 Å². The number of amides is 1. The van der Waals surface area contributed by atoms with Crippen LogP contribution in [0.25, 0.3) is 0 Å². The Morgan fingerprint density at radius 2 is 2.04 bits per heavy atom. The predicted molar refractivity (Wildman–Crippen MR) is 91.7 cm³/mol. The number of anilines is 1. The molecular formula is C18H16N2O4S. The Labute approximate surface area is 146 Å². The van der Waals surface area contributed by atoms with Crippen molar-refractivity contribution in [2.24, 2.45) is 0 Å². The second-order valence-corrected chi connectivity index (χ2v) is 7.46. The average Bonchev–Trinajstić information content (AvgIpc) is 2.89. The zero-order chi connectivity index (χ0) is 18.2. The van der Waals surface area contributed by atoms with Crippen molar-refractivity contribution in [3.63, 3.8) is 0 Å². The normalized spacial score (nSPS) is 16.2. The first-order valence-electron chi connectivity index (χ1n) is 7.69. The second kappa shape index (κ2) is 6.22. The maximum atomic E-state index is 12.5. The molecule has 6 nitrogen and oxygen atoms in total. The quantitative estimate of drug-likeness (QED) is 0.789. The smallest absolute Gasteiger partial charge is 0.339 e. The lowest BCUT2D eigenvalue weighted by Gasteiger charge is -2.20. The van der Waals surface area contributed by atoms with Crippen molar-refractivity contribution in [3.8, 4) is 11.8 Å². The van der Waals surface area contributed by atoms with Gasteiger partial charge >= 0.3 is 10.1 Å². The lowest BCUT2D eigenvalue weighted by molar-refractivity contribution is -0.116. The molecule has 128 valence electrons. The predicted octanol–water partition coefficient (Wildman–Crippen LogP) is 2.62. The number of hydrogen-bond acceptors (Lipinski definition) is 5. The summed E-state index contributed by atoms with van der Waals surface area (Å²) in [5, 5.41) is 8.89. The molecule has 2 aromatic rings. The van der Waals surface area contributed by atoms with Gasteiger partial charge in [-0.05, 0) is 55.3 Å². The SMILES string of the molecule is CC(=O)N1c2ccc(S(=O)(=O)Oc3cccc(C#N)c3)cc2C[C@H]1C. The first-order valence-corrected chi connectivity index (χ1v) is 9.10. The topological polar surface area (TPSA) is 87.5 Å². The largest absolute Gasteiger partial charge is 0.379 e. The van der Waals surface area contributed by atoms with Gasteiger partial charge in [-0.15, -0.1) is 0 Å². The summed E-state index contributed by atoms with van der Waals surface area (Å²) < 4.78 is 30.2. The molecule has 7 heteroatoms. The molecule has 0 spiro atoms. The van der Waals surface area contributed by atoms with Crippen molar-refractivity contribution in [1.29, 1.82) is 5.26 Å². The lowest BCUT2D eigenvalue weighted by atomic mass is 10.1. The molecular weight excluding hydrogens is 340 g/mol. The van der Waals surface area contributed by atoms with Crippen molar-refractivity contribution >= 4 is 21.7 Å². The molecule has 0 saturated heterocycles. The van der Waals surface area contributed by atoms with E-state index in [4.69, 9.17) is 9.44 Å². The van der Waals surface area contributed by atoms with Gasteiger partial charge in [0, 0.05) is 18.7 Å². The van der Waals surface area contributed by atoms with Crippen LogP contribution in [0.4, 0.5) is 5.69 Å². The van der Waals surface area contributed by atoms with E-state index in [1.807, 2.05) is 13.0 Å². The number of nitriles is 1. The molecule has 1 atom stereocenters. The van der Waals surface area contributed by atoms with Gasteiger partial charge < -0.3 is 9.08 Å². The van der Waals surface area contributed by atoms with E-state index in [-0.39, 0.29) is 22.6 Å². The third-order valence-electron chi connectivity index (χ3n) is 4.06. The number of benzene rings is 2. The molecule has 0 N–H and O–H groups in total. The van der Waals surface area contributed by atoms with E-state index < -0.39 is 10.1 Å². The Morgan fingerprint density at radius 1 is 1.28 bits per heavy atom. The van der Waals surface area contributed by atoms with Gasteiger partial charge in [0.15, 0.2) is 0 Å². The second-order valence-electron chi connectivity index (χ2n) is 5.91. The summed E-state index contributed by atoms with van der Waals surface area (Å²) in [7, 11) is -4.03. The molecule has 1 aliphatic rings. The molecule has 1 heterocycles. The Kier molecular flexibility index (Phi) is 4.23. The molecule has 25 heavy (non-hydrogen) atoms. The van der Waals surface area contributed by atoms with Crippen molar-refractivity contribution in [3.05, 3.63) is 53.6 Å². The number of rotatable bonds is 3. The summed E-state index contributed by atoms with van der Waals surface area (Å²) in [5.74, 6) is 0.00436. The van der Waals surface area contributed by atoms with E-state index in [1.165, 1.54) is 31.2 Å². The molecule has 1 amide bonds. The number of hydrogen-bond donors (Lipinski definition) is 0. The Balaban J connectivity index is 1.93. The van der Waals surface area contributed by atoms with Crippen LogP contribution in [0.15, 0.2) is 47.4 Å². The van der Waals surface area contributed by atoms with E-state index in [0.717, 1.165) is 11.3 Å². The monoisotopic (exact) mass is 356 g/mol. The minimum Gasteiger partial charge on any atom is -0.379 e. The fourth-order valence-corrected chi connectivity index (χ4v) is 4.01. The van der Waals surface area contributed by atoms with Crippen LogP contribution in [-0.2, 0) is 21.3 Å². The summed E-state index contributed by atoms with van der Waals surface area (Å²) >= 11 is 0. The van der Waals surface area contributed by atoms with Crippen LogP contribution in [0, 0.1) is 11.3 Å². The fourth-order valence-electron chi connectivity index (χ4n) is 3.04. The van der Waals surface area contributed by atoms with Crippen LogP contribution in [0.3, 0.4) is 0 Å². The van der Waals surface area contributed by atoms with E-state index in [1.54, 1.807) is 23.1 Å². The highest BCUT2D eigenvalue weighted by molar-refractivity contribution is 7.87. The lowest BCUT2D eigenvalue weighted by Crippen LogP contribution is -2.33. The number of carbonyl (C=O) groups excluding carboxylic acids is 1. The third-order valence-corrected chi connectivity index (χ3v) is 5.31. The molecule has 0 saturated carbocycles. The Hall–Kier alpha value is -2.85. The van der Waals surface area contributed by atoms with Gasteiger partial charge in [0.25, 0.3) is 0 Å². The van der Waals surface area contributed by atoms with Gasteiger partial charge in [-0.3, -0.25) is 4.79 Å². The zero-order valence-electron chi connectivity index (χ0n) is 13.8. The number of fused-ring (bicyclic) bond motifs is 1. The molecule has 2 aromatic carbocycles. The molecule has 0 fully saturated rings. The standard InChI is InChI=1S/C18H16N2O4S/c1-12-8-15-10-17(6-7-18(15)20(12)13(2)21)25(22,23)24-16-5-3-4-14(9-16)11-19/h3-7,9-10,12H,8H2,1-2H3/t12-/m1/s1. The van der Waals surface area contributed by atoms with Crippen LogP contribution < -0.4 is 9.08 Å². The summed E-state index contributed by atoms with van der Waals surface area (Å²) in [4.78, 5) is 13.4. The number of carbonyl (C=O) groups is 1. The highest BCUT2D eigenvalue weighted by Crippen LogP contribution is 2.34. The van der Waals surface area contributed by atoms with Crippen LogP contribution in [0.2, 0.25) is 0 Å². The highest BCUT2D eigenvalue weighted by Gasteiger charge is 2.30.